The number of benzene rings is 2. The molecule has 1 heterocycles. The van der Waals surface area contributed by atoms with Gasteiger partial charge in [0.2, 0.25) is 5.91 Å². The lowest BCUT2D eigenvalue weighted by Gasteiger charge is -2.34. The number of halogens is 3. The minimum atomic E-state index is -1.48. The van der Waals surface area contributed by atoms with Crippen LogP contribution in [-0.4, -0.2) is 30.4 Å². The third-order valence-electron chi connectivity index (χ3n) is 3.88. The van der Waals surface area contributed by atoms with E-state index in [4.69, 9.17) is 0 Å². The molecule has 0 N–H and O–H groups in total. The average molecular weight is 320 g/mol. The van der Waals surface area contributed by atoms with Crippen LogP contribution in [0, 0.1) is 17.5 Å². The fourth-order valence-corrected chi connectivity index (χ4v) is 2.67. The molecule has 23 heavy (non-hydrogen) atoms. The SMILES string of the molecule is O=C1CN(Cc2ccc(F)c(F)c2F)CCN1c1ccccc1. The lowest BCUT2D eigenvalue weighted by atomic mass is 10.1. The van der Waals surface area contributed by atoms with Crippen molar-refractivity contribution in [1.82, 2.24) is 4.90 Å². The van der Waals surface area contributed by atoms with Crippen LogP contribution in [0.4, 0.5) is 18.9 Å². The van der Waals surface area contributed by atoms with Crippen LogP contribution in [-0.2, 0) is 11.3 Å². The second-order valence-corrected chi connectivity index (χ2v) is 5.43. The van der Waals surface area contributed by atoms with E-state index in [1.165, 1.54) is 6.07 Å². The van der Waals surface area contributed by atoms with Crippen molar-refractivity contribution in [3.8, 4) is 0 Å². The van der Waals surface area contributed by atoms with Crippen molar-refractivity contribution in [3.05, 3.63) is 65.5 Å². The second kappa shape index (κ2) is 6.42. The van der Waals surface area contributed by atoms with Crippen molar-refractivity contribution in [1.29, 1.82) is 0 Å². The molecule has 1 aliphatic heterocycles. The normalized spacial score (nSPS) is 16.0. The molecular weight excluding hydrogens is 305 g/mol. The highest BCUT2D eigenvalue weighted by Gasteiger charge is 2.26. The maximum absolute atomic E-state index is 13.7. The molecule has 0 unspecified atom stereocenters. The van der Waals surface area contributed by atoms with Crippen LogP contribution in [0.2, 0.25) is 0 Å². The van der Waals surface area contributed by atoms with Gasteiger partial charge in [-0.1, -0.05) is 24.3 Å². The molecule has 2 aromatic carbocycles. The fourth-order valence-electron chi connectivity index (χ4n) is 2.67. The first kappa shape index (κ1) is 15.6. The van der Waals surface area contributed by atoms with Gasteiger partial charge in [0.1, 0.15) is 0 Å². The van der Waals surface area contributed by atoms with Gasteiger partial charge in [0, 0.05) is 30.9 Å². The first-order chi connectivity index (χ1) is 11.1. The zero-order valence-electron chi connectivity index (χ0n) is 12.3. The van der Waals surface area contributed by atoms with Crippen molar-refractivity contribution in [3.63, 3.8) is 0 Å². The van der Waals surface area contributed by atoms with Gasteiger partial charge in [-0.2, -0.15) is 0 Å². The van der Waals surface area contributed by atoms with Gasteiger partial charge in [-0.25, -0.2) is 13.2 Å². The van der Waals surface area contributed by atoms with Crippen LogP contribution in [0.3, 0.4) is 0 Å². The molecule has 3 rings (SSSR count). The molecule has 3 nitrogen and oxygen atoms in total. The number of hydrogen-bond donors (Lipinski definition) is 0. The quantitative estimate of drug-likeness (QED) is 0.812. The van der Waals surface area contributed by atoms with Gasteiger partial charge < -0.3 is 4.90 Å². The topological polar surface area (TPSA) is 23.6 Å². The molecule has 0 bridgehead atoms. The average Bonchev–Trinajstić information content (AvgIpc) is 2.56. The van der Waals surface area contributed by atoms with Crippen LogP contribution in [0.15, 0.2) is 42.5 Å². The summed E-state index contributed by atoms with van der Waals surface area (Å²) in [6.45, 7) is 1.16. The number of piperazine rings is 1. The van der Waals surface area contributed by atoms with Gasteiger partial charge in [0.25, 0.3) is 0 Å². The summed E-state index contributed by atoms with van der Waals surface area (Å²) < 4.78 is 39.9. The van der Waals surface area contributed by atoms with Crippen molar-refractivity contribution in [2.24, 2.45) is 0 Å². The predicted molar refractivity (Wildman–Crippen MR) is 80.4 cm³/mol. The number of carbonyl (C=O) groups is 1. The molecule has 0 aliphatic carbocycles. The van der Waals surface area contributed by atoms with Gasteiger partial charge in [-0.05, 0) is 18.2 Å². The van der Waals surface area contributed by atoms with Gasteiger partial charge in [0.05, 0.1) is 6.54 Å². The minimum Gasteiger partial charge on any atom is -0.310 e. The van der Waals surface area contributed by atoms with Crippen molar-refractivity contribution < 1.29 is 18.0 Å². The van der Waals surface area contributed by atoms with Crippen molar-refractivity contribution >= 4 is 11.6 Å². The van der Waals surface area contributed by atoms with E-state index in [0.717, 1.165) is 11.8 Å². The lowest BCUT2D eigenvalue weighted by molar-refractivity contribution is -0.121. The first-order valence-electron chi connectivity index (χ1n) is 7.26. The lowest BCUT2D eigenvalue weighted by Crippen LogP contribution is -2.50. The van der Waals surface area contributed by atoms with Gasteiger partial charge in [-0.15, -0.1) is 0 Å². The molecule has 120 valence electrons. The van der Waals surface area contributed by atoms with Crippen LogP contribution in [0.25, 0.3) is 0 Å². The third-order valence-corrected chi connectivity index (χ3v) is 3.88. The highest BCUT2D eigenvalue weighted by Crippen LogP contribution is 2.20. The molecule has 1 saturated heterocycles. The molecule has 0 spiro atoms. The molecule has 0 atom stereocenters. The summed E-state index contributed by atoms with van der Waals surface area (Å²) in [6, 6.07) is 11.4. The summed E-state index contributed by atoms with van der Waals surface area (Å²) >= 11 is 0. The van der Waals surface area contributed by atoms with Crippen molar-refractivity contribution in [2.75, 3.05) is 24.5 Å². The van der Waals surface area contributed by atoms with E-state index < -0.39 is 17.5 Å². The maximum Gasteiger partial charge on any atom is 0.241 e. The summed E-state index contributed by atoms with van der Waals surface area (Å²) in [5.41, 5.74) is 0.862. The van der Waals surface area contributed by atoms with Gasteiger partial charge in [-0.3, -0.25) is 9.69 Å². The Kier molecular flexibility index (Phi) is 4.34. The second-order valence-electron chi connectivity index (χ2n) is 5.43. The smallest absolute Gasteiger partial charge is 0.241 e. The summed E-state index contributed by atoms with van der Waals surface area (Å²) in [5, 5.41) is 0. The number of carbonyl (C=O) groups excluding carboxylic acids is 1. The highest BCUT2D eigenvalue weighted by molar-refractivity contribution is 5.95. The number of anilines is 1. The monoisotopic (exact) mass is 320 g/mol. The summed E-state index contributed by atoms with van der Waals surface area (Å²) in [6.07, 6.45) is 0. The number of hydrogen-bond acceptors (Lipinski definition) is 2. The summed E-state index contributed by atoms with van der Waals surface area (Å²) in [5.74, 6) is -3.98. The molecular formula is C17H15F3N2O. The van der Waals surface area contributed by atoms with E-state index in [0.29, 0.717) is 13.1 Å². The number of para-hydroxylation sites is 1. The van der Waals surface area contributed by atoms with E-state index in [1.54, 1.807) is 9.80 Å². The number of amides is 1. The van der Waals surface area contributed by atoms with E-state index in [1.807, 2.05) is 30.3 Å². The minimum absolute atomic E-state index is 0.0462. The molecule has 1 amide bonds. The van der Waals surface area contributed by atoms with Gasteiger partial charge in [0.15, 0.2) is 17.5 Å². The summed E-state index contributed by atoms with van der Waals surface area (Å²) in [7, 11) is 0. The molecule has 0 aromatic heterocycles. The Labute approximate surface area is 131 Å². The third kappa shape index (κ3) is 3.22. The predicted octanol–water partition coefficient (Wildman–Crippen LogP) is 2.95. The van der Waals surface area contributed by atoms with Crippen LogP contribution in [0.5, 0.6) is 0 Å². The Bertz CT molecular complexity index is 721. The van der Waals surface area contributed by atoms with Crippen molar-refractivity contribution in [2.45, 2.75) is 6.54 Å². The first-order valence-corrected chi connectivity index (χ1v) is 7.26. The Morgan fingerprint density at radius 2 is 1.65 bits per heavy atom. The van der Waals surface area contributed by atoms with E-state index in [-0.39, 0.29) is 24.6 Å². The molecule has 0 saturated carbocycles. The Morgan fingerprint density at radius 3 is 2.35 bits per heavy atom. The molecule has 1 aliphatic rings. The molecule has 6 heteroatoms. The Balaban J connectivity index is 1.69. The maximum atomic E-state index is 13.7. The highest BCUT2D eigenvalue weighted by atomic mass is 19.2. The van der Waals surface area contributed by atoms with Gasteiger partial charge >= 0.3 is 0 Å². The van der Waals surface area contributed by atoms with Crippen LogP contribution >= 0.6 is 0 Å². The van der Waals surface area contributed by atoms with Crippen LogP contribution < -0.4 is 4.90 Å². The van der Waals surface area contributed by atoms with E-state index >= 15 is 0 Å². The number of rotatable bonds is 3. The molecule has 0 radical (unpaired) electrons. The zero-order chi connectivity index (χ0) is 16.4. The molecule has 1 fully saturated rings. The fraction of sp³-hybridized carbons (Fsp3) is 0.235. The van der Waals surface area contributed by atoms with E-state index in [2.05, 4.69) is 0 Å². The molecule has 2 aromatic rings. The number of nitrogens with zero attached hydrogens (tertiary/aromatic N) is 2. The Morgan fingerprint density at radius 1 is 0.913 bits per heavy atom. The van der Waals surface area contributed by atoms with Crippen LogP contribution in [0.1, 0.15) is 5.56 Å². The largest absolute Gasteiger partial charge is 0.310 e. The summed E-state index contributed by atoms with van der Waals surface area (Å²) in [4.78, 5) is 15.6. The standard InChI is InChI=1S/C17H15F3N2O/c18-14-7-6-12(16(19)17(14)20)10-21-8-9-22(15(23)11-21)13-4-2-1-3-5-13/h1-7H,8-11H2. The Hall–Kier alpha value is -2.34. The van der Waals surface area contributed by atoms with E-state index in [9.17, 15) is 18.0 Å². The zero-order valence-corrected chi connectivity index (χ0v) is 12.3.